The molecular weight excluding hydrogens is 178 g/mol. The molecule has 0 fully saturated rings. The highest BCUT2D eigenvalue weighted by Crippen LogP contribution is 2.02. The fourth-order valence-corrected chi connectivity index (χ4v) is 1.20. The van der Waals surface area contributed by atoms with Crippen LogP contribution in [0.25, 0.3) is 0 Å². The van der Waals surface area contributed by atoms with E-state index in [-0.39, 0.29) is 0 Å². The molecule has 0 saturated carbocycles. The molecule has 0 amide bonds. The maximum Gasteiger partial charge on any atom is 0.217 e. The molecule has 0 spiro atoms. The molecule has 0 aliphatic heterocycles. The maximum absolute atomic E-state index is 5.44. The minimum absolute atomic E-state index is 0.747. The lowest BCUT2D eigenvalue weighted by atomic mass is 10.3. The van der Waals surface area contributed by atoms with Crippen molar-refractivity contribution in [2.45, 2.75) is 39.5 Å². The van der Waals surface area contributed by atoms with Crippen LogP contribution >= 0.6 is 0 Å². The lowest BCUT2D eigenvalue weighted by Crippen LogP contribution is -2.17. The van der Waals surface area contributed by atoms with Gasteiger partial charge >= 0.3 is 0 Å². The molecule has 0 saturated heterocycles. The third-order valence-electron chi connectivity index (χ3n) is 1.91. The number of hydrogen-bond donors (Lipinski definition) is 1. The molecule has 1 rings (SSSR count). The summed E-state index contributed by atoms with van der Waals surface area (Å²) in [6, 6.07) is 0. The van der Waals surface area contributed by atoms with Crippen LogP contribution in [-0.2, 0) is 12.8 Å². The molecular formula is C10H19N3O. The Morgan fingerprint density at radius 1 is 1.00 bits per heavy atom. The van der Waals surface area contributed by atoms with E-state index in [1.807, 2.05) is 0 Å². The van der Waals surface area contributed by atoms with Gasteiger partial charge in [-0.05, 0) is 19.4 Å². The quantitative estimate of drug-likeness (QED) is 0.674. The molecule has 14 heavy (non-hydrogen) atoms. The molecule has 0 unspecified atom stereocenters. The zero-order valence-electron chi connectivity index (χ0n) is 9.05. The second-order valence-electron chi connectivity index (χ2n) is 3.34. The summed E-state index contributed by atoms with van der Waals surface area (Å²) in [5, 5.41) is 11.2. The lowest BCUT2D eigenvalue weighted by Gasteiger charge is -1.98. The van der Waals surface area contributed by atoms with E-state index in [0.29, 0.717) is 0 Å². The molecule has 0 atom stereocenters. The van der Waals surface area contributed by atoms with E-state index in [4.69, 9.17) is 4.42 Å². The van der Waals surface area contributed by atoms with Gasteiger partial charge in [0.05, 0.1) is 0 Å². The lowest BCUT2D eigenvalue weighted by molar-refractivity contribution is 0.442. The molecule has 0 aromatic carbocycles. The summed E-state index contributed by atoms with van der Waals surface area (Å²) in [6.07, 6.45) is 3.92. The van der Waals surface area contributed by atoms with Crippen LogP contribution in [0.5, 0.6) is 0 Å². The summed E-state index contributed by atoms with van der Waals surface area (Å²) in [7, 11) is 0. The molecule has 4 nitrogen and oxygen atoms in total. The average Bonchev–Trinajstić information content (AvgIpc) is 2.61. The van der Waals surface area contributed by atoms with Crippen molar-refractivity contribution in [1.29, 1.82) is 0 Å². The second kappa shape index (κ2) is 6.54. The first-order valence-electron chi connectivity index (χ1n) is 5.38. The Bertz CT molecular complexity index is 247. The molecule has 0 radical (unpaired) electrons. The van der Waals surface area contributed by atoms with Gasteiger partial charge in [-0.15, -0.1) is 10.2 Å². The predicted molar refractivity (Wildman–Crippen MR) is 55.2 cm³/mol. The van der Waals surface area contributed by atoms with E-state index in [1.165, 1.54) is 0 Å². The predicted octanol–water partition coefficient (Wildman–Crippen LogP) is 1.56. The topological polar surface area (TPSA) is 51.0 Å². The number of hydrogen-bond acceptors (Lipinski definition) is 4. The smallest absolute Gasteiger partial charge is 0.217 e. The van der Waals surface area contributed by atoms with Crippen LogP contribution in [0, 0.1) is 0 Å². The standard InChI is InChI=1S/C10H19N3O/c1-3-5-9-12-13-10(14-9)6-8-11-7-4-2/h11H,3-8H2,1-2H3. The molecule has 80 valence electrons. The number of aromatic nitrogens is 2. The summed E-state index contributed by atoms with van der Waals surface area (Å²) >= 11 is 0. The van der Waals surface area contributed by atoms with E-state index in [1.54, 1.807) is 0 Å². The zero-order valence-corrected chi connectivity index (χ0v) is 9.05. The summed E-state index contributed by atoms with van der Waals surface area (Å²) in [5.41, 5.74) is 0. The Morgan fingerprint density at radius 3 is 2.36 bits per heavy atom. The normalized spacial score (nSPS) is 10.7. The van der Waals surface area contributed by atoms with Crippen molar-refractivity contribution in [3.05, 3.63) is 11.8 Å². The van der Waals surface area contributed by atoms with Crippen molar-refractivity contribution in [3.8, 4) is 0 Å². The SMILES string of the molecule is CCCNCCc1nnc(CCC)o1. The zero-order chi connectivity index (χ0) is 10.2. The molecule has 1 N–H and O–H groups in total. The highest BCUT2D eigenvalue weighted by Gasteiger charge is 2.03. The third kappa shape index (κ3) is 3.87. The number of rotatable bonds is 7. The van der Waals surface area contributed by atoms with Crippen molar-refractivity contribution in [1.82, 2.24) is 15.5 Å². The summed E-state index contributed by atoms with van der Waals surface area (Å²) < 4.78 is 5.44. The highest BCUT2D eigenvalue weighted by atomic mass is 16.4. The molecule has 4 heteroatoms. The molecule has 1 aromatic rings. The summed E-state index contributed by atoms with van der Waals surface area (Å²) in [4.78, 5) is 0. The molecule has 0 aliphatic carbocycles. The van der Waals surface area contributed by atoms with E-state index < -0.39 is 0 Å². The van der Waals surface area contributed by atoms with Gasteiger partial charge in [-0.2, -0.15) is 0 Å². The van der Waals surface area contributed by atoms with Crippen LogP contribution < -0.4 is 5.32 Å². The highest BCUT2D eigenvalue weighted by molar-refractivity contribution is 4.82. The Labute approximate surface area is 85.1 Å². The third-order valence-corrected chi connectivity index (χ3v) is 1.91. The summed E-state index contributed by atoms with van der Waals surface area (Å²) in [6.45, 7) is 6.23. The van der Waals surface area contributed by atoms with Crippen molar-refractivity contribution in [2.75, 3.05) is 13.1 Å². The fraction of sp³-hybridized carbons (Fsp3) is 0.800. The first-order valence-corrected chi connectivity index (χ1v) is 5.38. The van der Waals surface area contributed by atoms with Crippen molar-refractivity contribution < 1.29 is 4.42 Å². The molecule has 1 heterocycles. The van der Waals surface area contributed by atoms with Gasteiger partial charge in [-0.3, -0.25) is 0 Å². The van der Waals surface area contributed by atoms with E-state index >= 15 is 0 Å². The number of nitrogens with one attached hydrogen (secondary N) is 1. The van der Waals surface area contributed by atoms with Crippen LogP contribution in [0.4, 0.5) is 0 Å². The summed E-state index contributed by atoms with van der Waals surface area (Å²) in [5.74, 6) is 1.51. The Kier molecular flexibility index (Phi) is 5.22. The Hall–Kier alpha value is -0.900. The van der Waals surface area contributed by atoms with Gasteiger partial charge in [-0.25, -0.2) is 0 Å². The van der Waals surface area contributed by atoms with Crippen LogP contribution in [0.3, 0.4) is 0 Å². The first kappa shape index (κ1) is 11.2. The van der Waals surface area contributed by atoms with Crippen LogP contribution in [0.2, 0.25) is 0 Å². The van der Waals surface area contributed by atoms with Gasteiger partial charge in [0, 0.05) is 19.4 Å². The molecule has 0 aliphatic rings. The Balaban J connectivity index is 2.22. The first-order chi connectivity index (χ1) is 6.86. The van der Waals surface area contributed by atoms with Crippen LogP contribution in [-0.4, -0.2) is 23.3 Å². The second-order valence-corrected chi connectivity index (χ2v) is 3.34. The maximum atomic E-state index is 5.44. The fourth-order valence-electron chi connectivity index (χ4n) is 1.20. The van der Waals surface area contributed by atoms with E-state index in [9.17, 15) is 0 Å². The van der Waals surface area contributed by atoms with Crippen molar-refractivity contribution in [2.24, 2.45) is 0 Å². The van der Waals surface area contributed by atoms with E-state index in [2.05, 4.69) is 29.4 Å². The van der Waals surface area contributed by atoms with Gasteiger partial charge in [0.2, 0.25) is 11.8 Å². The minimum atomic E-state index is 0.747. The van der Waals surface area contributed by atoms with Gasteiger partial charge < -0.3 is 9.73 Å². The average molecular weight is 197 g/mol. The van der Waals surface area contributed by atoms with Gasteiger partial charge in [0.1, 0.15) is 0 Å². The van der Waals surface area contributed by atoms with Gasteiger partial charge in [0.25, 0.3) is 0 Å². The number of nitrogens with zero attached hydrogens (tertiary/aromatic N) is 2. The Morgan fingerprint density at radius 2 is 1.71 bits per heavy atom. The largest absolute Gasteiger partial charge is 0.425 e. The van der Waals surface area contributed by atoms with E-state index in [0.717, 1.165) is 50.6 Å². The van der Waals surface area contributed by atoms with Crippen LogP contribution in [0.1, 0.15) is 38.5 Å². The van der Waals surface area contributed by atoms with Gasteiger partial charge in [-0.1, -0.05) is 13.8 Å². The molecule has 0 bridgehead atoms. The minimum Gasteiger partial charge on any atom is -0.425 e. The van der Waals surface area contributed by atoms with Crippen LogP contribution in [0.15, 0.2) is 4.42 Å². The number of aryl methyl sites for hydroxylation is 1. The molecule has 1 aromatic heterocycles. The van der Waals surface area contributed by atoms with Crippen molar-refractivity contribution >= 4 is 0 Å². The van der Waals surface area contributed by atoms with Crippen molar-refractivity contribution in [3.63, 3.8) is 0 Å². The van der Waals surface area contributed by atoms with Gasteiger partial charge in [0.15, 0.2) is 0 Å². The monoisotopic (exact) mass is 197 g/mol.